The number of thiophene rings is 1. The highest BCUT2D eigenvalue weighted by atomic mass is 32.2. The van der Waals surface area contributed by atoms with Gasteiger partial charge < -0.3 is 9.47 Å². The molecule has 0 atom stereocenters. The average Bonchev–Trinajstić information content (AvgIpc) is 3.23. The summed E-state index contributed by atoms with van der Waals surface area (Å²) in [4.78, 5) is 32.6. The lowest BCUT2D eigenvalue weighted by molar-refractivity contribution is -0.121. The van der Waals surface area contributed by atoms with Crippen molar-refractivity contribution < 1.29 is 14.3 Å². The minimum atomic E-state index is -0.482. The summed E-state index contributed by atoms with van der Waals surface area (Å²) in [5.41, 5.74) is 3.88. The van der Waals surface area contributed by atoms with Crippen LogP contribution in [0.5, 0.6) is 11.5 Å². The molecule has 0 saturated carbocycles. The molecule has 34 heavy (non-hydrogen) atoms. The van der Waals surface area contributed by atoms with Crippen molar-refractivity contribution in [3.63, 3.8) is 0 Å². The molecule has 0 aliphatic heterocycles. The van der Waals surface area contributed by atoms with Gasteiger partial charge in [-0.25, -0.2) is 10.4 Å². The van der Waals surface area contributed by atoms with E-state index in [1.54, 1.807) is 36.6 Å². The maximum Gasteiger partial charge on any atom is 0.263 e. The number of benzene rings is 1. The van der Waals surface area contributed by atoms with Gasteiger partial charge in [-0.05, 0) is 49.4 Å². The predicted molar refractivity (Wildman–Crippen MR) is 132 cm³/mol. The fraction of sp³-hybridized carbons (Fsp3) is 0.348. The summed E-state index contributed by atoms with van der Waals surface area (Å²) < 4.78 is 11.9. The number of hydrogen-bond acceptors (Lipinski definition) is 9. The van der Waals surface area contributed by atoms with Gasteiger partial charge >= 0.3 is 0 Å². The van der Waals surface area contributed by atoms with Crippen molar-refractivity contribution >= 4 is 45.4 Å². The van der Waals surface area contributed by atoms with Crippen LogP contribution in [0, 0.1) is 11.3 Å². The van der Waals surface area contributed by atoms with Crippen molar-refractivity contribution in [2.75, 3.05) is 20.0 Å². The number of nitrogens with zero attached hydrogens (tertiary/aromatic N) is 4. The van der Waals surface area contributed by atoms with E-state index in [0.29, 0.717) is 32.4 Å². The number of ether oxygens (including phenoxy) is 2. The number of carbonyl (C=O) groups excluding carboxylic acids is 1. The lowest BCUT2D eigenvalue weighted by Crippen LogP contribution is -2.32. The molecule has 1 aliphatic rings. The minimum Gasteiger partial charge on any atom is -0.497 e. The van der Waals surface area contributed by atoms with Crippen LogP contribution >= 0.6 is 23.1 Å². The van der Waals surface area contributed by atoms with Crippen LogP contribution in [0.4, 0.5) is 0 Å². The molecule has 9 nitrogen and oxygen atoms in total. The van der Waals surface area contributed by atoms with Gasteiger partial charge in [0.2, 0.25) is 0 Å². The van der Waals surface area contributed by atoms with Gasteiger partial charge in [0.25, 0.3) is 11.5 Å². The molecule has 0 spiro atoms. The van der Waals surface area contributed by atoms with E-state index in [0.717, 1.165) is 43.0 Å². The van der Waals surface area contributed by atoms with E-state index in [1.165, 1.54) is 22.8 Å². The van der Waals surface area contributed by atoms with Crippen LogP contribution in [0.25, 0.3) is 10.2 Å². The van der Waals surface area contributed by atoms with Crippen LogP contribution in [0.3, 0.4) is 0 Å². The second-order valence-electron chi connectivity index (χ2n) is 7.52. The van der Waals surface area contributed by atoms with E-state index in [-0.39, 0.29) is 17.9 Å². The molecule has 11 heteroatoms. The Balaban J connectivity index is 1.60. The van der Waals surface area contributed by atoms with Gasteiger partial charge in [0, 0.05) is 10.4 Å². The number of rotatable bonds is 8. The van der Waals surface area contributed by atoms with Gasteiger partial charge in [-0.2, -0.15) is 10.4 Å². The van der Waals surface area contributed by atoms with E-state index < -0.39 is 5.91 Å². The average molecular weight is 498 g/mol. The lowest BCUT2D eigenvalue weighted by Gasteiger charge is -2.12. The summed E-state index contributed by atoms with van der Waals surface area (Å²) >= 11 is 2.68. The van der Waals surface area contributed by atoms with Crippen molar-refractivity contribution in [2.24, 2.45) is 5.10 Å². The molecule has 0 bridgehead atoms. The zero-order chi connectivity index (χ0) is 24.1. The summed E-state index contributed by atoms with van der Waals surface area (Å²) in [6.45, 7) is -0.257. The maximum absolute atomic E-state index is 13.4. The Morgan fingerprint density at radius 2 is 2.18 bits per heavy atom. The van der Waals surface area contributed by atoms with Crippen molar-refractivity contribution in [3.8, 4) is 17.6 Å². The first-order chi connectivity index (χ1) is 16.5. The third kappa shape index (κ3) is 4.93. The molecule has 3 aromatic rings. The minimum absolute atomic E-state index is 0.123. The fourth-order valence-electron chi connectivity index (χ4n) is 3.86. The molecule has 2 aromatic heterocycles. The Kier molecular flexibility index (Phi) is 7.49. The standard InChI is InChI=1S/C23H23N5O4S2/c1-31-15-7-8-17(32-2)14(11-15)12-25-27-19(29)13-28-22(30)20-16-5-3-4-6-18(16)34-21(20)26-23(28)33-10-9-24/h7-8,11-12H,3-6,10,13H2,1-2H3,(H,27,29)/b25-12+. The van der Waals surface area contributed by atoms with Crippen LogP contribution in [-0.2, 0) is 24.2 Å². The number of amides is 1. The number of methoxy groups -OCH3 is 2. The number of carbonyl (C=O) groups is 1. The van der Waals surface area contributed by atoms with Crippen molar-refractivity contribution in [1.82, 2.24) is 15.0 Å². The summed E-state index contributed by atoms with van der Waals surface area (Å²) in [6.07, 6.45) is 5.37. The quantitative estimate of drug-likeness (QED) is 0.220. The highest BCUT2D eigenvalue weighted by Gasteiger charge is 2.23. The Morgan fingerprint density at radius 1 is 1.35 bits per heavy atom. The molecule has 0 unspecified atom stereocenters. The molecule has 1 aliphatic carbocycles. The molecule has 1 aromatic carbocycles. The van der Waals surface area contributed by atoms with Gasteiger partial charge in [0.05, 0.1) is 37.6 Å². The number of hydrogen-bond donors (Lipinski definition) is 1. The highest BCUT2D eigenvalue weighted by Crippen LogP contribution is 2.34. The summed E-state index contributed by atoms with van der Waals surface area (Å²) in [7, 11) is 3.09. The first kappa shape index (κ1) is 23.8. The summed E-state index contributed by atoms with van der Waals surface area (Å²) in [5.74, 6) is 0.836. The van der Waals surface area contributed by atoms with E-state index in [9.17, 15) is 9.59 Å². The molecular formula is C23H23N5O4S2. The Morgan fingerprint density at radius 3 is 2.94 bits per heavy atom. The summed E-state index contributed by atoms with van der Waals surface area (Å²) in [5, 5.41) is 14.0. The second-order valence-corrected chi connectivity index (χ2v) is 9.55. The number of fused-ring (bicyclic) bond motifs is 3. The third-order valence-corrected chi connectivity index (χ3v) is 7.47. The lowest BCUT2D eigenvalue weighted by atomic mass is 9.97. The van der Waals surface area contributed by atoms with Gasteiger partial charge in [-0.3, -0.25) is 14.2 Å². The summed E-state index contributed by atoms with van der Waals surface area (Å²) in [6, 6.07) is 7.28. The molecule has 0 fully saturated rings. The Hall–Kier alpha value is -3.36. The van der Waals surface area contributed by atoms with Crippen molar-refractivity contribution in [3.05, 3.63) is 44.6 Å². The largest absolute Gasteiger partial charge is 0.497 e. The molecule has 0 radical (unpaired) electrons. The predicted octanol–water partition coefficient (Wildman–Crippen LogP) is 3.12. The highest BCUT2D eigenvalue weighted by molar-refractivity contribution is 7.99. The zero-order valence-corrected chi connectivity index (χ0v) is 20.4. The topological polar surface area (TPSA) is 119 Å². The van der Waals surface area contributed by atoms with Crippen molar-refractivity contribution in [1.29, 1.82) is 5.26 Å². The van der Waals surface area contributed by atoms with E-state index in [4.69, 9.17) is 14.7 Å². The van der Waals surface area contributed by atoms with Gasteiger partial charge in [0.15, 0.2) is 5.16 Å². The number of nitriles is 1. The second kappa shape index (κ2) is 10.7. The number of thioether (sulfide) groups is 1. The Labute approximate surface area is 204 Å². The van der Waals surface area contributed by atoms with Gasteiger partial charge in [-0.1, -0.05) is 11.8 Å². The monoisotopic (exact) mass is 497 g/mol. The third-order valence-electron chi connectivity index (χ3n) is 5.44. The zero-order valence-electron chi connectivity index (χ0n) is 18.8. The van der Waals surface area contributed by atoms with E-state index >= 15 is 0 Å². The van der Waals surface area contributed by atoms with Crippen LogP contribution in [0.1, 0.15) is 28.8 Å². The molecule has 1 amide bonds. The molecule has 1 N–H and O–H groups in total. The molecule has 4 rings (SSSR count). The number of hydrazone groups is 1. The van der Waals surface area contributed by atoms with Gasteiger partial charge in [0.1, 0.15) is 22.9 Å². The van der Waals surface area contributed by atoms with E-state index in [2.05, 4.69) is 21.6 Å². The SMILES string of the molecule is COc1ccc(OC)c(/C=N/NC(=O)Cn2c(SCC#N)nc3sc4c(c3c2=O)CCCC4)c1. The number of aromatic nitrogens is 2. The van der Waals surface area contributed by atoms with Crippen LogP contribution in [-0.4, -0.2) is 41.6 Å². The molecule has 2 heterocycles. The van der Waals surface area contributed by atoms with Crippen molar-refractivity contribution in [2.45, 2.75) is 37.4 Å². The first-order valence-electron chi connectivity index (χ1n) is 10.6. The van der Waals surface area contributed by atoms with Crippen LogP contribution in [0.2, 0.25) is 0 Å². The normalized spacial score (nSPS) is 13.0. The van der Waals surface area contributed by atoms with Crippen LogP contribution in [0.15, 0.2) is 33.3 Å². The number of nitrogens with one attached hydrogen (secondary N) is 1. The Bertz CT molecular complexity index is 1360. The van der Waals surface area contributed by atoms with E-state index in [1.807, 2.05) is 0 Å². The maximum atomic E-state index is 13.4. The molecular weight excluding hydrogens is 474 g/mol. The molecule has 176 valence electrons. The van der Waals surface area contributed by atoms with Crippen LogP contribution < -0.4 is 20.5 Å². The molecule has 0 saturated heterocycles. The smallest absolute Gasteiger partial charge is 0.263 e. The first-order valence-corrected chi connectivity index (χ1v) is 12.4. The fourth-order valence-corrected chi connectivity index (χ4v) is 5.82. The number of aryl methyl sites for hydroxylation is 2. The van der Waals surface area contributed by atoms with Gasteiger partial charge in [-0.15, -0.1) is 11.3 Å².